The van der Waals surface area contributed by atoms with E-state index in [-0.39, 0.29) is 12.5 Å². The van der Waals surface area contributed by atoms with Crippen molar-refractivity contribution >= 4 is 17.6 Å². The lowest BCUT2D eigenvalue weighted by Gasteiger charge is -2.04. The zero-order valence-corrected chi connectivity index (χ0v) is 9.75. The highest BCUT2D eigenvalue weighted by atomic mass is 16.2. The first-order valence-corrected chi connectivity index (χ1v) is 5.32. The Hall–Kier alpha value is -2.97. The predicted molar refractivity (Wildman–Crippen MR) is 65.0 cm³/mol. The fourth-order valence-corrected chi connectivity index (χ4v) is 1.37. The smallest absolute Gasteiger partial charge is 0.316 e. The van der Waals surface area contributed by atoms with Crippen LogP contribution < -0.4 is 16.4 Å². The van der Waals surface area contributed by atoms with Gasteiger partial charge in [-0.05, 0) is 24.3 Å². The van der Waals surface area contributed by atoms with E-state index in [9.17, 15) is 9.59 Å². The van der Waals surface area contributed by atoms with Crippen LogP contribution in [-0.4, -0.2) is 32.6 Å². The number of tetrazole rings is 1. The molecule has 2 aromatic rings. The Morgan fingerprint density at radius 2 is 2.00 bits per heavy atom. The molecule has 0 spiro atoms. The van der Waals surface area contributed by atoms with Crippen molar-refractivity contribution in [2.24, 2.45) is 5.73 Å². The molecule has 9 heteroatoms. The standard InChI is InChI=1S/C10H11N7O2/c11-10(19)13-7-3-1-6(2-4-7)9(18)12-5-8-14-16-17-15-8/h1-4H,5H2,(H,12,18)(H3,11,13,19)(H,14,15,16,17). The Bertz CT molecular complexity index is 564. The van der Waals surface area contributed by atoms with Crippen LogP contribution in [0.4, 0.5) is 10.5 Å². The number of rotatable bonds is 4. The van der Waals surface area contributed by atoms with Gasteiger partial charge in [-0.2, -0.15) is 5.21 Å². The molecule has 0 fully saturated rings. The van der Waals surface area contributed by atoms with Crippen molar-refractivity contribution in [3.63, 3.8) is 0 Å². The van der Waals surface area contributed by atoms with Crippen LogP contribution in [0.2, 0.25) is 0 Å². The third-order valence-corrected chi connectivity index (χ3v) is 2.21. The fraction of sp³-hybridized carbons (Fsp3) is 0.100. The summed E-state index contributed by atoms with van der Waals surface area (Å²) in [4.78, 5) is 22.4. The topological polar surface area (TPSA) is 139 Å². The first-order valence-electron chi connectivity index (χ1n) is 5.32. The molecule has 0 radical (unpaired) electrons. The third-order valence-electron chi connectivity index (χ3n) is 2.21. The summed E-state index contributed by atoms with van der Waals surface area (Å²) in [7, 11) is 0. The van der Waals surface area contributed by atoms with Crippen LogP contribution in [0, 0.1) is 0 Å². The number of hydrogen-bond acceptors (Lipinski definition) is 5. The molecule has 0 aliphatic rings. The molecular formula is C10H11N7O2. The first kappa shape index (κ1) is 12.5. The van der Waals surface area contributed by atoms with Crippen LogP contribution in [0.15, 0.2) is 24.3 Å². The average molecular weight is 261 g/mol. The van der Waals surface area contributed by atoms with E-state index in [1.165, 1.54) is 0 Å². The number of nitrogens with zero attached hydrogens (tertiary/aromatic N) is 3. The highest BCUT2D eigenvalue weighted by Gasteiger charge is 2.07. The molecule has 0 aliphatic heterocycles. The van der Waals surface area contributed by atoms with Crippen LogP contribution in [0.25, 0.3) is 0 Å². The van der Waals surface area contributed by atoms with E-state index in [1.807, 2.05) is 0 Å². The molecule has 5 N–H and O–H groups in total. The van der Waals surface area contributed by atoms with Gasteiger partial charge in [0.2, 0.25) is 0 Å². The Balaban J connectivity index is 1.93. The Morgan fingerprint density at radius 3 is 2.58 bits per heavy atom. The van der Waals surface area contributed by atoms with Crippen molar-refractivity contribution < 1.29 is 9.59 Å². The second-order valence-electron chi connectivity index (χ2n) is 3.58. The van der Waals surface area contributed by atoms with Crippen molar-refractivity contribution in [1.82, 2.24) is 25.9 Å². The van der Waals surface area contributed by atoms with E-state index in [4.69, 9.17) is 5.73 Å². The summed E-state index contributed by atoms with van der Waals surface area (Å²) in [6.07, 6.45) is 0. The minimum Gasteiger partial charge on any atom is -0.351 e. The number of nitrogens with two attached hydrogens (primary N) is 1. The molecule has 1 aromatic heterocycles. The summed E-state index contributed by atoms with van der Waals surface area (Å²) in [5.41, 5.74) is 5.93. The molecule has 2 rings (SSSR count). The van der Waals surface area contributed by atoms with E-state index < -0.39 is 6.03 Å². The number of benzene rings is 1. The first-order chi connectivity index (χ1) is 9.15. The number of aromatic amines is 1. The number of hydrogen-bond donors (Lipinski definition) is 4. The number of anilines is 1. The zero-order valence-electron chi connectivity index (χ0n) is 9.75. The van der Waals surface area contributed by atoms with Crippen LogP contribution in [-0.2, 0) is 6.54 Å². The molecule has 19 heavy (non-hydrogen) atoms. The van der Waals surface area contributed by atoms with Gasteiger partial charge in [0.25, 0.3) is 5.91 Å². The summed E-state index contributed by atoms with van der Waals surface area (Å²) in [6, 6.07) is 5.63. The number of carbonyl (C=O) groups excluding carboxylic acids is 2. The van der Waals surface area contributed by atoms with E-state index in [2.05, 4.69) is 31.3 Å². The Kier molecular flexibility index (Phi) is 3.67. The van der Waals surface area contributed by atoms with Gasteiger partial charge in [-0.1, -0.05) is 5.21 Å². The summed E-state index contributed by atoms with van der Waals surface area (Å²) in [5.74, 6) is 0.107. The molecule has 1 heterocycles. The molecular weight excluding hydrogens is 250 g/mol. The monoisotopic (exact) mass is 261 g/mol. The molecule has 0 unspecified atom stereocenters. The number of nitrogens with one attached hydrogen (secondary N) is 3. The predicted octanol–water partition coefficient (Wildman–Crippen LogP) is -0.380. The molecule has 0 saturated heterocycles. The van der Waals surface area contributed by atoms with Crippen molar-refractivity contribution in [1.29, 1.82) is 0 Å². The van der Waals surface area contributed by atoms with E-state index >= 15 is 0 Å². The highest BCUT2D eigenvalue weighted by molar-refractivity contribution is 5.95. The summed E-state index contributed by atoms with van der Waals surface area (Å²) in [5, 5.41) is 18.1. The second-order valence-corrected chi connectivity index (χ2v) is 3.58. The quantitative estimate of drug-likeness (QED) is 0.594. The molecule has 9 nitrogen and oxygen atoms in total. The van der Waals surface area contributed by atoms with Crippen LogP contribution >= 0.6 is 0 Å². The van der Waals surface area contributed by atoms with Crippen molar-refractivity contribution in [2.45, 2.75) is 6.54 Å². The minimum absolute atomic E-state index is 0.177. The van der Waals surface area contributed by atoms with Gasteiger partial charge in [-0.25, -0.2) is 4.79 Å². The van der Waals surface area contributed by atoms with E-state index in [0.717, 1.165) is 0 Å². The molecule has 3 amide bonds. The maximum absolute atomic E-state index is 11.8. The van der Waals surface area contributed by atoms with Gasteiger partial charge in [0.05, 0.1) is 6.54 Å². The van der Waals surface area contributed by atoms with Crippen molar-refractivity contribution in [3.05, 3.63) is 35.7 Å². The lowest BCUT2D eigenvalue weighted by atomic mass is 10.2. The van der Waals surface area contributed by atoms with E-state index in [0.29, 0.717) is 17.1 Å². The van der Waals surface area contributed by atoms with Gasteiger partial charge < -0.3 is 16.4 Å². The number of H-pyrrole nitrogens is 1. The number of amides is 3. The maximum Gasteiger partial charge on any atom is 0.316 e. The van der Waals surface area contributed by atoms with E-state index in [1.54, 1.807) is 24.3 Å². The highest BCUT2D eigenvalue weighted by Crippen LogP contribution is 2.09. The van der Waals surface area contributed by atoms with Gasteiger partial charge in [0, 0.05) is 11.3 Å². The zero-order chi connectivity index (χ0) is 13.7. The number of primary amides is 1. The maximum atomic E-state index is 11.8. The third kappa shape index (κ3) is 3.49. The van der Waals surface area contributed by atoms with Gasteiger partial charge in [-0.3, -0.25) is 4.79 Å². The number of aromatic nitrogens is 4. The molecule has 1 aromatic carbocycles. The SMILES string of the molecule is NC(=O)Nc1ccc(C(=O)NCc2nn[nH]n2)cc1. The molecule has 0 atom stereocenters. The number of urea groups is 1. The van der Waals surface area contributed by atoms with Crippen LogP contribution in [0.3, 0.4) is 0 Å². The van der Waals surface area contributed by atoms with Crippen molar-refractivity contribution in [3.8, 4) is 0 Å². The normalized spacial score (nSPS) is 9.89. The largest absolute Gasteiger partial charge is 0.351 e. The number of carbonyl (C=O) groups is 2. The Labute approximate surface area is 107 Å². The molecule has 0 aliphatic carbocycles. The van der Waals surface area contributed by atoms with Gasteiger partial charge in [-0.15, -0.1) is 10.2 Å². The lowest BCUT2D eigenvalue weighted by molar-refractivity contribution is 0.0950. The van der Waals surface area contributed by atoms with Gasteiger partial charge >= 0.3 is 6.03 Å². The van der Waals surface area contributed by atoms with Crippen LogP contribution in [0.5, 0.6) is 0 Å². The fourth-order valence-electron chi connectivity index (χ4n) is 1.37. The molecule has 0 saturated carbocycles. The average Bonchev–Trinajstić information content (AvgIpc) is 2.89. The van der Waals surface area contributed by atoms with Gasteiger partial charge in [0.1, 0.15) is 0 Å². The second kappa shape index (κ2) is 5.58. The lowest BCUT2D eigenvalue weighted by Crippen LogP contribution is -2.23. The molecule has 0 bridgehead atoms. The molecule has 98 valence electrons. The van der Waals surface area contributed by atoms with Gasteiger partial charge in [0.15, 0.2) is 5.82 Å². The Morgan fingerprint density at radius 1 is 1.26 bits per heavy atom. The van der Waals surface area contributed by atoms with Crippen molar-refractivity contribution in [2.75, 3.05) is 5.32 Å². The van der Waals surface area contributed by atoms with Crippen LogP contribution in [0.1, 0.15) is 16.2 Å². The summed E-state index contributed by atoms with van der Waals surface area (Å²) in [6.45, 7) is 0.177. The summed E-state index contributed by atoms with van der Waals surface area (Å²) >= 11 is 0. The summed E-state index contributed by atoms with van der Waals surface area (Å²) < 4.78 is 0. The minimum atomic E-state index is -0.658.